The van der Waals surface area contributed by atoms with E-state index in [4.69, 9.17) is 5.73 Å². The van der Waals surface area contributed by atoms with Crippen LogP contribution < -0.4 is 11.1 Å². The van der Waals surface area contributed by atoms with E-state index in [0.717, 1.165) is 17.7 Å². The highest BCUT2D eigenvalue weighted by molar-refractivity contribution is 5.79. The van der Waals surface area contributed by atoms with Crippen LogP contribution in [0.5, 0.6) is 0 Å². The summed E-state index contributed by atoms with van der Waals surface area (Å²) in [5, 5.41) is 3.06. The Morgan fingerprint density at radius 2 is 1.67 bits per heavy atom. The molecule has 3 N–H and O–H groups in total. The van der Waals surface area contributed by atoms with E-state index in [1.54, 1.807) is 0 Å². The summed E-state index contributed by atoms with van der Waals surface area (Å²) in [5.41, 5.74) is 8.50. The molecule has 0 fully saturated rings. The summed E-state index contributed by atoms with van der Waals surface area (Å²) < 4.78 is 0. The predicted octanol–water partition coefficient (Wildman–Crippen LogP) is 2.17. The molecular formula is C15H16N2O. The number of carbonyl (C=O) groups excluding carboxylic acids is 1. The fourth-order valence-electron chi connectivity index (χ4n) is 1.85. The van der Waals surface area contributed by atoms with Gasteiger partial charge in [0, 0.05) is 5.69 Å². The highest BCUT2D eigenvalue weighted by Crippen LogP contribution is 2.18. The average molecular weight is 240 g/mol. The number of rotatable bonds is 5. The van der Waals surface area contributed by atoms with Crippen molar-refractivity contribution in [3.63, 3.8) is 0 Å². The fourth-order valence-corrected chi connectivity index (χ4v) is 1.85. The zero-order valence-corrected chi connectivity index (χ0v) is 10.1. The van der Waals surface area contributed by atoms with Crippen molar-refractivity contribution in [2.45, 2.75) is 6.42 Å². The number of hydrogen-bond acceptors (Lipinski definition) is 2. The maximum Gasteiger partial charge on any atom is 0.236 e. The molecule has 0 radical (unpaired) electrons. The van der Waals surface area contributed by atoms with Crippen LogP contribution in [-0.2, 0) is 11.2 Å². The van der Waals surface area contributed by atoms with Crippen molar-refractivity contribution >= 4 is 11.6 Å². The largest absolute Gasteiger partial charge is 0.376 e. The SMILES string of the molecule is NC(=O)CNc1ccccc1Cc1ccccc1. The summed E-state index contributed by atoms with van der Waals surface area (Å²) in [4.78, 5) is 10.8. The lowest BCUT2D eigenvalue weighted by Crippen LogP contribution is -2.22. The predicted molar refractivity (Wildman–Crippen MR) is 73.4 cm³/mol. The highest BCUT2D eigenvalue weighted by Gasteiger charge is 2.03. The van der Waals surface area contributed by atoms with E-state index < -0.39 is 0 Å². The van der Waals surface area contributed by atoms with Gasteiger partial charge in [0.1, 0.15) is 0 Å². The molecule has 2 rings (SSSR count). The average Bonchev–Trinajstić information content (AvgIpc) is 2.39. The van der Waals surface area contributed by atoms with Crippen molar-refractivity contribution in [3.8, 4) is 0 Å². The summed E-state index contributed by atoms with van der Waals surface area (Å²) in [6.07, 6.45) is 0.836. The van der Waals surface area contributed by atoms with Gasteiger partial charge in [-0.05, 0) is 23.6 Å². The van der Waals surface area contributed by atoms with Gasteiger partial charge in [-0.2, -0.15) is 0 Å². The third-order valence-electron chi connectivity index (χ3n) is 2.71. The lowest BCUT2D eigenvalue weighted by atomic mass is 10.0. The van der Waals surface area contributed by atoms with E-state index in [9.17, 15) is 4.79 Å². The monoisotopic (exact) mass is 240 g/mol. The molecule has 3 heteroatoms. The van der Waals surface area contributed by atoms with Crippen molar-refractivity contribution in [3.05, 3.63) is 65.7 Å². The molecule has 0 bridgehead atoms. The smallest absolute Gasteiger partial charge is 0.236 e. The third-order valence-corrected chi connectivity index (χ3v) is 2.71. The molecule has 0 saturated carbocycles. The van der Waals surface area contributed by atoms with Crippen LogP contribution in [0.4, 0.5) is 5.69 Å². The maximum atomic E-state index is 10.8. The van der Waals surface area contributed by atoms with Crippen LogP contribution in [0.3, 0.4) is 0 Å². The van der Waals surface area contributed by atoms with Crippen LogP contribution in [-0.4, -0.2) is 12.5 Å². The minimum atomic E-state index is -0.357. The molecule has 2 aromatic rings. The zero-order valence-electron chi connectivity index (χ0n) is 10.1. The number of benzene rings is 2. The Kier molecular flexibility index (Phi) is 3.97. The molecule has 0 aliphatic rings. The molecular weight excluding hydrogens is 224 g/mol. The summed E-state index contributed by atoms with van der Waals surface area (Å²) in [6, 6.07) is 18.2. The number of carbonyl (C=O) groups is 1. The quantitative estimate of drug-likeness (QED) is 0.841. The molecule has 0 spiro atoms. The van der Waals surface area contributed by atoms with E-state index in [1.807, 2.05) is 36.4 Å². The van der Waals surface area contributed by atoms with E-state index in [2.05, 4.69) is 23.5 Å². The van der Waals surface area contributed by atoms with Crippen molar-refractivity contribution in [2.75, 3.05) is 11.9 Å². The highest BCUT2D eigenvalue weighted by atomic mass is 16.1. The van der Waals surface area contributed by atoms with Gasteiger partial charge in [-0.3, -0.25) is 4.79 Å². The van der Waals surface area contributed by atoms with Crippen molar-refractivity contribution in [1.29, 1.82) is 0 Å². The standard InChI is InChI=1S/C15H16N2O/c16-15(18)11-17-14-9-5-4-8-13(14)10-12-6-2-1-3-7-12/h1-9,17H,10-11H2,(H2,16,18). The van der Waals surface area contributed by atoms with Gasteiger partial charge in [-0.15, -0.1) is 0 Å². The number of nitrogens with two attached hydrogens (primary N) is 1. The summed E-state index contributed by atoms with van der Waals surface area (Å²) in [5.74, 6) is -0.357. The lowest BCUT2D eigenvalue weighted by molar-refractivity contribution is -0.116. The number of nitrogens with one attached hydrogen (secondary N) is 1. The van der Waals surface area contributed by atoms with Crippen LogP contribution in [0, 0.1) is 0 Å². The molecule has 3 nitrogen and oxygen atoms in total. The van der Waals surface area contributed by atoms with E-state index in [0.29, 0.717) is 0 Å². The normalized spacial score (nSPS) is 10.0. The van der Waals surface area contributed by atoms with E-state index in [1.165, 1.54) is 5.56 Å². The lowest BCUT2D eigenvalue weighted by Gasteiger charge is -2.10. The van der Waals surface area contributed by atoms with Crippen LogP contribution in [0.15, 0.2) is 54.6 Å². The Hall–Kier alpha value is -2.29. The molecule has 2 aromatic carbocycles. The molecule has 0 saturated heterocycles. The van der Waals surface area contributed by atoms with Crippen LogP contribution in [0.2, 0.25) is 0 Å². The Labute approximate surface area is 107 Å². The first kappa shape index (κ1) is 12.2. The van der Waals surface area contributed by atoms with Crippen molar-refractivity contribution in [2.24, 2.45) is 5.73 Å². The van der Waals surface area contributed by atoms with Gasteiger partial charge < -0.3 is 11.1 Å². The Balaban J connectivity index is 2.14. The topological polar surface area (TPSA) is 55.1 Å². The van der Waals surface area contributed by atoms with E-state index >= 15 is 0 Å². The fraction of sp³-hybridized carbons (Fsp3) is 0.133. The van der Waals surface area contributed by atoms with Crippen LogP contribution >= 0.6 is 0 Å². The first-order valence-corrected chi connectivity index (χ1v) is 5.90. The Morgan fingerprint density at radius 3 is 2.39 bits per heavy atom. The minimum absolute atomic E-state index is 0.159. The van der Waals surface area contributed by atoms with Gasteiger partial charge in [-0.25, -0.2) is 0 Å². The summed E-state index contributed by atoms with van der Waals surface area (Å²) >= 11 is 0. The van der Waals surface area contributed by atoms with Gasteiger partial charge in [-0.1, -0.05) is 48.5 Å². The Morgan fingerprint density at radius 1 is 1.00 bits per heavy atom. The van der Waals surface area contributed by atoms with Crippen molar-refractivity contribution < 1.29 is 4.79 Å². The van der Waals surface area contributed by atoms with Crippen LogP contribution in [0.1, 0.15) is 11.1 Å². The minimum Gasteiger partial charge on any atom is -0.376 e. The molecule has 0 aromatic heterocycles. The number of amides is 1. The molecule has 0 aliphatic carbocycles. The number of anilines is 1. The van der Waals surface area contributed by atoms with Crippen LogP contribution in [0.25, 0.3) is 0 Å². The number of hydrogen-bond donors (Lipinski definition) is 2. The molecule has 18 heavy (non-hydrogen) atoms. The first-order chi connectivity index (χ1) is 8.75. The molecule has 1 amide bonds. The molecule has 0 unspecified atom stereocenters. The second kappa shape index (κ2) is 5.87. The molecule has 0 heterocycles. The number of primary amides is 1. The van der Waals surface area contributed by atoms with Gasteiger partial charge in [0.25, 0.3) is 0 Å². The molecule has 0 aliphatic heterocycles. The maximum absolute atomic E-state index is 10.8. The van der Waals surface area contributed by atoms with Crippen molar-refractivity contribution in [1.82, 2.24) is 0 Å². The first-order valence-electron chi connectivity index (χ1n) is 5.90. The third kappa shape index (κ3) is 3.35. The van der Waals surface area contributed by atoms with Gasteiger partial charge in [0.15, 0.2) is 0 Å². The van der Waals surface area contributed by atoms with E-state index in [-0.39, 0.29) is 12.5 Å². The summed E-state index contributed by atoms with van der Waals surface area (Å²) in [6.45, 7) is 0.159. The van der Waals surface area contributed by atoms with Gasteiger partial charge in [0.2, 0.25) is 5.91 Å². The van der Waals surface area contributed by atoms with Gasteiger partial charge >= 0.3 is 0 Å². The summed E-state index contributed by atoms with van der Waals surface area (Å²) in [7, 11) is 0. The Bertz CT molecular complexity index is 523. The molecule has 0 atom stereocenters. The second-order valence-electron chi connectivity index (χ2n) is 4.14. The zero-order chi connectivity index (χ0) is 12.8. The molecule has 92 valence electrons. The number of para-hydroxylation sites is 1. The second-order valence-corrected chi connectivity index (χ2v) is 4.14. The van der Waals surface area contributed by atoms with Gasteiger partial charge in [0.05, 0.1) is 6.54 Å².